The van der Waals surface area contributed by atoms with E-state index < -0.39 is 0 Å². The molecule has 0 saturated carbocycles. The number of likely N-dealkylation sites (tertiary alicyclic amines) is 1. The molecule has 0 radical (unpaired) electrons. The molecule has 1 aromatic rings. The third-order valence-electron chi connectivity index (χ3n) is 4.28. The van der Waals surface area contributed by atoms with Gasteiger partial charge in [0.15, 0.2) is 0 Å². The number of amides is 2. The van der Waals surface area contributed by atoms with Crippen molar-refractivity contribution in [3.8, 4) is 0 Å². The lowest BCUT2D eigenvalue weighted by molar-refractivity contribution is -0.115. The van der Waals surface area contributed by atoms with E-state index in [2.05, 4.69) is 12.2 Å². The van der Waals surface area contributed by atoms with E-state index in [-0.39, 0.29) is 17.9 Å². The number of hydrogen-bond acceptors (Lipinski definition) is 3. The second-order valence-corrected chi connectivity index (χ2v) is 5.78. The van der Waals surface area contributed by atoms with Crippen LogP contribution in [-0.4, -0.2) is 35.8 Å². The number of nitrogens with two attached hydrogens (primary N) is 1. The summed E-state index contributed by atoms with van der Waals surface area (Å²) >= 11 is 0. The Balaban J connectivity index is 1.78. The number of anilines is 1. The van der Waals surface area contributed by atoms with Crippen molar-refractivity contribution < 1.29 is 9.59 Å². The molecule has 2 aliphatic rings. The van der Waals surface area contributed by atoms with Crippen LogP contribution in [0, 0.1) is 5.92 Å². The van der Waals surface area contributed by atoms with Gasteiger partial charge in [-0.15, -0.1) is 0 Å². The lowest BCUT2D eigenvalue weighted by Gasteiger charge is -2.35. The number of carbonyl (C=O) groups excluding carboxylic acids is 2. The lowest BCUT2D eigenvalue weighted by atomic mass is 9.94. The molecule has 2 heterocycles. The highest BCUT2D eigenvalue weighted by atomic mass is 16.2. The van der Waals surface area contributed by atoms with Crippen molar-refractivity contribution in [3.63, 3.8) is 0 Å². The Bertz CT molecular complexity index is 570. The van der Waals surface area contributed by atoms with Crippen LogP contribution in [0.5, 0.6) is 0 Å². The van der Waals surface area contributed by atoms with Gasteiger partial charge >= 0.3 is 0 Å². The Hall–Kier alpha value is -1.88. The van der Waals surface area contributed by atoms with Gasteiger partial charge in [0.05, 0.1) is 6.42 Å². The first kappa shape index (κ1) is 13.1. The predicted octanol–water partition coefficient (Wildman–Crippen LogP) is 0.990. The largest absolute Gasteiger partial charge is 0.337 e. The third kappa shape index (κ3) is 2.29. The number of rotatable bonds is 1. The molecular formula is C15H19N3O2. The van der Waals surface area contributed by atoms with Crippen molar-refractivity contribution in [1.82, 2.24) is 4.90 Å². The smallest absolute Gasteiger partial charge is 0.253 e. The van der Waals surface area contributed by atoms with Crippen LogP contribution in [0.15, 0.2) is 18.2 Å². The minimum absolute atomic E-state index is 0.00880. The molecule has 106 valence electrons. The Labute approximate surface area is 118 Å². The van der Waals surface area contributed by atoms with E-state index >= 15 is 0 Å². The summed E-state index contributed by atoms with van der Waals surface area (Å²) in [6.07, 6.45) is 1.30. The molecule has 2 unspecified atom stereocenters. The SMILES string of the molecule is CC1CCN(C(=O)c2ccc3c(c2)CC(=O)N3)CC1N. The average Bonchev–Trinajstić information content (AvgIpc) is 2.80. The molecule has 0 aromatic heterocycles. The Morgan fingerprint density at radius 1 is 1.45 bits per heavy atom. The molecule has 1 fully saturated rings. The quantitative estimate of drug-likeness (QED) is 0.801. The van der Waals surface area contributed by atoms with Crippen molar-refractivity contribution in [2.24, 2.45) is 11.7 Å². The summed E-state index contributed by atoms with van der Waals surface area (Å²) in [6, 6.07) is 5.44. The number of piperidine rings is 1. The fourth-order valence-corrected chi connectivity index (χ4v) is 2.83. The van der Waals surface area contributed by atoms with Crippen LogP contribution in [0.2, 0.25) is 0 Å². The van der Waals surface area contributed by atoms with E-state index in [0.717, 1.165) is 24.2 Å². The maximum Gasteiger partial charge on any atom is 0.253 e. The molecule has 1 aromatic carbocycles. The van der Waals surface area contributed by atoms with Crippen molar-refractivity contribution in [2.75, 3.05) is 18.4 Å². The summed E-state index contributed by atoms with van der Waals surface area (Å²) < 4.78 is 0. The molecular weight excluding hydrogens is 254 g/mol. The standard InChI is InChI=1S/C15H19N3O2/c1-9-4-5-18(8-12(9)16)15(20)10-2-3-13-11(6-10)7-14(19)17-13/h2-3,6,9,12H,4-5,7-8,16H2,1H3,(H,17,19). The van der Waals surface area contributed by atoms with Gasteiger partial charge in [0, 0.05) is 30.4 Å². The van der Waals surface area contributed by atoms with Crippen molar-refractivity contribution >= 4 is 17.5 Å². The van der Waals surface area contributed by atoms with Gasteiger partial charge in [0.1, 0.15) is 0 Å². The summed E-state index contributed by atoms with van der Waals surface area (Å²) in [6.45, 7) is 3.48. The van der Waals surface area contributed by atoms with Gasteiger partial charge in [-0.3, -0.25) is 9.59 Å². The Kier molecular flexibility index (Phi) is 3.22. The van der Waals surface area contributed by atoms with Crippen molar-refractivity contribution in [2.45, 2.75) is 25.8 Å². The predicted molar refractivity (Wildman–Crippen MR) is 76.4 cm³/mol. The number of hydrogen-bond donors (Lipinski definition) is 2. The van der Waals surface area contributed by atoms with Crippen LogP contribution < -0.4 is 11.1 Å². The molecule has 1 saturated heterocycles. The summed E-state index contributed by atoms with van der Waals surface area (Å²) in [5, 5.41) is 2.77. The molecule has 2 amide bonds. The van der Waals surface area contributed by atoms with Gasteiger partial charge < -0.3 is 16.0 Å². The van der Waals surface area contributed by atoms with E-state index in [0.29, 0.717) is 24.4 Å². The van der Waals surface area contributed by atoms with Gasteiger partial charge in [-0.05, 0) is 36.1 Å². The Morgan fingerprint density at radius 3 is 3.00 bits per heavy atom. The second kappa shape index (κ2) is 4.90. The second-order valence-electron chi connectivity index (χ2n) is 5.78. The molecule has 3 rings (SSSR count). The van der Waals surface area contributed by atoms with Crippen LogP contribution >= 0.6 is 0 Å². The van der Waals surface area contributed by atoms with E-state index in [1.54, 1.807) is 12.1 Å². The number of nitrogens with zero attached hydrogens (tertiary/aromatic N) is 1. The van der Waals surface area contributed by atoms with E-state index in [9.17, 15) is 9.59 Å². The van der Waals surface area contributed by atoms with Crippen molar-refractivity contribution in [1.29, 1.82) is 0 Å². The zero-order valence-electron chi connectivity index (χ0n) is 11.6. The zero-order chi connectivity index (χ0) is 14.3. The molecule has 0 bridgehead atoms. The van der Waals surface area contributed by atoms with Crippen LogP contribution in [-0.2, 0) is 11.2 Å². The first-order valence-electron chi connectivity index (χ1n) is 7.02. The normalized spacial score (nSPS) is 25.3. The van der Waals surface area contributed by atoms with Gasteiger partial charge in [-0.2, -0.15) is 0 Å². The topological polar surface area (TPSA) is 75.4 Å². The first-order chi connectivity index (χ1) is 9.54. The van der Waals surface area contributed by atoms with Crippen molar-refractivity contribution in [3.05, 3.63) is 29.3 Å². The summed E-state index contributed by atoms with van der Waals surface area (Å²) in [5.74, 6) is 0.453. The number of benzene rings is 1. The maximum absolute atomic E-state index is 12.5. The first-order valence-corrected chi connectivity index (χ1v) is 7.02. The number of fused-ring (bicyclic) bond motifs is 1. The van der Waals surface area contributed by atoms with Crippen LogP contribution in [0.1, 0.15) is 29.3 Å². The third-order valence-corrected chi connectivity index (χ3v) is 4.28. The molecule has 3 N–H and O–H groups in total. The molecule has 5 heteroatoms. The van der Waals surface area contributed by atoms with Gasteiger partial charge in [-0.1, -0.05) is 6.92 Å². The molecule has 2 aliphatic heterocycles. The summed E-state index contributed by atoms with van der Waals surface area (Å²) in [7, 11) is 0. The summed E-state index contributed by atoms with van der Waals surface area (Å²) in [4.78, 5) is 25.7. The minimum Gasteiger partial charge on any atom is -0.337 e. The molecule has 0 aliphatic carbocycles. The fraction of sp³-hybridized carbons (Fsp3) is 0.467. The fourth-order valence-electron chi connectivity index (χ4n) is 2.83. The van der Waals surface area contributed by atoms with E-state index in [1.807, 2.05) is 11.0 Å². The lowest BCUT2D eigenvalue weighted by Crippen LogP contribution is -2.49. The van der Waals surface area contributed by atoms with Gasteiger partial charge in [0.2, 0.25) is 5.91 Å². The molecule has 2 atom stereocenters. The average molecular weight is 273 g/mol. The molecule has 5 nitrogen and oxygen atoms in total. The van der Waals surface area contributed by atoms with Crippen LogP contribution in [0.4, 0.5) is 5.69 Å². The van der Waals surface area contributed by atoms with E-state index in [4.69, 9.17) is 5.73 Å². The molecule has 20 heavy (non-hydrogen) atoms. The highest BCUT2D eigenvalue weighted by Crippen LogP contribution is 2.25. The highest BCUT2D eigenvalue weighted by molar-refractivity contribution is 6.01. The maximum atomic E-state index is 12.5. The minimum atomic E-state index is -0.0154. The van der Waals surface area contributed by atoms with Gasteiger partial charge in [0.25, 0.3) is 5.91 Å². The zero-order valence-corrected chi connectivity index (χ0v) is 11.6. The number of carbonyl (C=O) groups is 2. The van der Waals surface area contributed by atoms with E-state index in [1.165, 1.54) is 0 Å². The molecule has 0 spiro atoms. The van der Waals surface area contributed by atoms with Crippen LogP contribution in [0.3, 0.4) is 0 Å². The number of nitrogens with one attached hydrogen (secondary N) is 1. The van der Waals surface area contributed by atoms with Gasteiger partial charge in [-0.25, -0.2) is 0 Å². The highest BCUT2D eigenvalue weighted by Gasteiger charge is 2.28. The Morgan fingerprint density at radius 2 is 2.25 bits per heavy atom. The van der Waals surface area contributed by atoms with Crippen LogP contribution in [0.25, 0.3) is 0 Å². The monoisotopic (exact) mass is 273 g/mol. The summed E-state index contributed by atoms with van der Waals surface area (Å²) in [5.41, 5.74) is 8.40.